The minimum atomic E-state index is -5.08. The van der Waals surface area contributed by atoms with Crippen LogP contribution in [-0.2, 0) is 29.0 Å². The number of benzene rings is 1. The van der Waals surface area contributed by atoms with Crippen molar-refractivity contribution in [3.8, 4) is 0 Å². The molecule has 0 radical (unpaired) electrons. The van der Waals surface area contributed by atoms with Gasteiger partial charge in [0.15, 0.2) is 0 Å². The molecule has 1 aromatic heterocycles. The van der Waals surface area contributed by atoms with E-state index in [-0.39, 0.29) is 17.8 Å². The molecular weight excluding hydrogens is 457 g/mol. The fourth-order valence-electron chi connectivity index (χ4n) is 2.95. The van der Waals surface area contributed by atoms with Crippen LogP contribution < -0.4 is 5.32 Å². The third-order valence-electron chi connectivity index (χ3n) is 4.45. The topological polar surface area (TPSA) is 105 Å². The summed E-state index contributed by atoms with van der Waals surface area (Å²) in [5, 5.41) is 9.88. The number of oxazole rings is 1. The summed E-state index contributed by atoms with van der Waals surface area (Å²) in [7, 11) is 1.56. The van der Waals surface area contributed by atoms with Crippen molar-refractivity contribution in [2.24, 2.45) is 0 Å². The van der Waals surface area contributed by atoms with Gasteiger partial charge in [-0.3, -0.25) is 9.69 Å². The van der Waals surface area contributed by atoms with Crippen LogP contribution in [0.3, 0.4) is 0 Å². The number of ether oxygens (including phenoxy) is 1. The lowest BCUT2D eigenvalue weighted by molar-refractivity contribution is -0.192. The Morgan fingerprint density at radius 1 is 1.33 bits per heavy atom. The fraction of sp³-hybridized carbons (Fsp3) is 0.450. The normalized spacial score (nSPS) is 14.6. The van der Waals surface area contributed by atoms with Gasteiger partial charge in [-0.05, 0) is 13.0 Å². The second kappa shape index (κ2) is 11.2. The van der Waals surface area contributed by atoms with Crippen LogP contribution >= 0.6 is 0 Å². The smallest absolute Gasteiger partial charge is 0.475 e. The zero-order valence-electron chi connectivity index (χ0n) is 17.7. The molecule has 33 heavy (non-hydrogen) atoms. The van der Waals surface area contributed by atoms with Gasteiger partial charge in [-0.25, -0.2) is 18.6 Å². The molecule has 2 aromatic rings. The van der Waals surface area contributed by atoms with Crippen LogP contribution in [0.25, 0.3) is 0 Å². The summed E-state index contributed by atoms with van der Waals surface area (Å²) in [5.41, 5.74) is 1.09. The van der Waals surface area contributed by atoms with Gasteiger partial charge in [0.05, 0.1) is 12.3 Å². The van der Waals surface area contributed by atoms with Crippen LogP contribution in [0.4, 0.5) is 22.0 Å². The molecule has 0 saturated heterocycles. The lowest BCUT2D eigenvalue weighted by atomic mass is 10.1. The Bertz CT molecular complexity index is 979. The van der Waals surface area contributed by atoms with Crippen molar-refractivity contribution < 1.29 is 45.8 Å². The summed E-state index contributed by atoms with van der Waals surface area (Å²) in [5.74, 6) is -3.61. The van der Waals surface area contributed by atoms with E-state index in [9.17, 15) is 26.7 Å². The molecule has 0 bridgehead atoms. The van der Waals surface area contributed by atoms with Gasteiger partial charge in [-0.15, -0.1) is 0 Å². The maximum atomic E-state index is 13.8. The molecule has 1 aliphatic rings. The highest BCUT2D eigenvalue weighted by Gasteiger charge is 2.38. The zero-order valence-corrected chi connectivity index (χ0v) is 17.7. The van der Waals surface area contributed by atoms with E-state index in [4.69, 9.17) is 19.1 Å². The van der Waals surface area contributed by atoms with E-state index in [1.807, 2.05) is 11.8 Å². The molecule has 0 spiro atoms. The highest BCUT2D eigenvalue weighted by Crippen LogP contribution is 2.22. The SMILES string of the molecule is COC[C@H](C)NC(=O)c1nc2c(o1)CCN(Cc1ccc(F)cc1F)C2.O=C(O)C(F)(F)F. The Hall–Kier alpha value is -3.06. The summed E-state index contributed by atoms with van der Waals surface area (Å²) >= 11 is 0. The first-order valence-corrected chi connectivity index (χ1v) is 9.65. The predicted molar refractivity (Wildman–Crippen MR) is 103 cm³/mol. The lowest BCUT2D eigenvalue weighted by Gasteiger charge is -2.25. The van der Waals surface area contributed by atoms with Crippen molar-refractivity contribution in [3.05, 3.63) is 52.7 Å². The minimum Gasteiger partial charge on any atom is -0.475 e. The number of carbonyl (C=O) groups is 2. The van der Waals surface area contributed by atoms with Crippen molar-refractivity contribution in [2.45, 2.75) is 38.7 Å². The third kappa shape index (κ3) is 7.79. The monoisotopic (exact) mass is 479 g/mol. The summed E-state index contributed by atoms with van der Waals surface area (Å²) in [6.07, 6.45) is -4.51. The summed E-state index contributed by atoms with van der Waals surface area (Å²) in [6.45, 7) is 3.63. The largest absolute Gasteiger partial charge is 0.490 e. The van der Waals surface area contributed by atoms with Crippen molar-refractivity contribution in [3.63, 3.8) is 0 Å². The lowest BCUT2D eigenvalue weighted by Crippen LogP contribution is -2.35. The molecule has 3 rings (SSSR count). The number of carboxylic acids is 1. The number of nitrogens with one attached hydrogen (secondary N) is 1. The predicted octanol–water partition coefficient (Wildman–Crippen LogP) is 2.91. The number of nitrogens with zero attached hydrogens (tertiary/aromatic N) is 2. The highest BCUT2D eigenvalue weighted by molar-refractivity contribution is 5.89. The average Bonchev–Trinajstić information content (AvgIpc) is 3.13. The molecule has 1 amide bonds. The Kier molecular flexibility index (Phi) is 8.88. The average molecular weight is 479 g/mol. The van der Waals surface area contributed by atoms with Crippen molar-refractivity contribution in [2.75, 3.05) is 20.3 Å². The quantitative estimate of drug-likeness (QED) is 0.614. The van der Waals surface area contributed by atoms with Gasteiger partial charge in [-0.2, -0.15) is 13.2 Å². The molecule has 182 valence electrons. The molecule has 0 fully saturated rings. The van der Waals surface area contributed by atoms with Crippen LogP contribution in [-0.4, -0.2) is 59.3 Å². The highest BCUT2D eigenvalue weighted by atomic mass is 19.4. The standard InChI is InChI=1S/C18H21F2N3O3.C2HF3O2/c1-11(10-25-2)21-17(24)18-22-15-9-23(6-5-16(15)26-18)8-12-3-4-13(19)7-14(12)20;3-2(4,5)1(6)7/h3-4,7,11H,5-6,8-10H2,1-2H3,(H,21,24);(H,6,7)/t11-;/m0./s1. The first-order valence-electron chi connectivity index (χ1n) is 9.65. The number of carboxylic acid groups (broad SMARTS) is 1. The van der Waals surface area contributed by atoms with Gasteiger partial charge < -0.3 is 19.6 Å². The van der Waals surface area contributed by atoms with Gasteiger partial charge in [0, 0.05) is 50.8 Å². The van der Waals surface area contributed by atoms with Crippen molar-refractivity contribution in [1.29, 1.82) is 0 Å². The molecule has 1 atom stereocenters. The number of hydrogen-bond acceptors (Lipinski definition) is 6. The van der Waals surface area contributed by atoms with Gasteiger partial charge in [-0.1, -0.05) is 6.07 Å². The number of hydrogen-bond donors (Lipinski definition) is 2. The Balaban J connectivity index is 0.000000479. The van der Waals surface area contributed by atoms with Gasteiger partial charge in [0.25, 0.3) is 5.89 Å². The van der Waals surface area contributed by atoms with Crippen LogP contribution in [0.5, 0.6) is 0 Å². The van der Waals surface area contributed by atoms with Gasteiger partial charge >= 0.3 is 18.1 Å². The third-order valence-corrected chi connectivity index (χ3v) is 4.45. The number of carbonyl (C=O) groups excluding carboxylic acids is 1. The molecule has 1 aromatic carbocycles. The molecule has 2 N–H and O–H groups in total. The second-order valence-corrected chi connectivity index (χ2v) is 7.22. The molecular formula is C20H22F5N3O5. The van der Waals surface area contributed by atoms with Crippen LogP contribution in [0.2, 0.25) is 0 Å². The Morgan fingerprint density at radius 3 is 2.58 bits per heavy atom. The van der Waals surface area contributed by atoms with Gasteiger partial charge in [0.2, 0.25) is 0 Å². The van der Waals surface area contributed by atoms with E-state index < -0.39 is 23.8 Å². The van der Waals surface area contributed by atoms with Crippen molar-refractivity contribution >= 4 is 11.9 Å². The molecule has 2 heterocycles. The maximum absolute atomic E-state index is 13.8. The number of methoxy groups -OCH3 is 1. The van der Waals surface area contributed by atoms with Crippen LogP contribution in [0, 0.1) is 11.6 Å². The fourth-order valence-corrected chi connectivity index (χ4v) is 2.95. The van der Waals surface area contributed by atoms with Gasteiger partial charge in [0.1, 0.15) is 17.4 Å². The van der Waals surface area contributed by atoms with E-state index in [1.54, 1.807) is 7.11 Å². The summed E-state index contributed by atoms with van der Waals surface area (Å²) in [6, 6.07) is 3.41. The number of rotatable bonds is 6. The zero-order chi connectivity index (χ0) is 24.8. The molecule has 1 aliphatic heterocycles. The Morgan fingerprint density at radius 2 is 2.00 bits per heavy atom. The Labute approximate surface area is 185 Å². The molecule has 13 heteroatoms. The van der Waals surface area contributed by atoms with E-state index in [0.717, 1.165) is 6.07 Å². The van der Waals surface area contributed by atoms with E-state index in [2.05, 4.69) is 10.3 Å². The molecule has 0 aliphatic carbocycles. The van der Waals surface area contributed by atoms with E-state index >= 15 is 0 Å². The van der Waals surface area contributed by atoms with E-state index in [1.165, 1.54) is 12.1 Å². The molecule has 8 nitrogen and oxygen atoms in total. The minimum absolute atomic E-state index is 0.0211. The number of amides is 1. The number of aromatic nitrogens is 1. The van der Waals surface area contributed by atoms with Crippen LogP contribution in [0.15, 0.2) is 22.6 Å². The number of alkyl halides is 3. The second-order valence-electron chi connectivity index (χ2n) is 7.22. The first kappa shape index (κ1) is 26.2. The number of halogens is 5. The van der Waals surface area contributed by atoms with E-state index in [0.29, 0.717) is 49.7 Å². The maximum Gasteiger partial charge on any atom is 0.490 e. The summed E-state index contributed by atoms with van der Waals surface area (Å²) < 4.78 is 69.1. The molecule has 0 unspecified atom stereocenters. The number of aliphatic carboxylic acids is 1. The number of fused-ring (bicyclic) bond motifs is 1. The van der Waals surface area contributed by atoms with Crippen LogP contribution in [0.1, 0.15) is 34.6 Å². The molecule has 0 saturated carbocycles. The summed E-state index contributed by atoms with van der Waals surface area (Å²) in [4.78, 5) is 27.3. The van der Waals surface area contributed by atoms with Crippen molar-refractivity contribution in [1.82, 2.24) is 15.2 Å². The first-order chi connectivity index (χ1) is 15.4.